The third kappa shape index (κ3) is 4.43. The number of benzene rings is 1. The van der Waals surface area contributed by atoms with E-state index in [9.17, 15) is 4.79 Å². The number of anilines is 1. The highest BCUT2D eigenvalue weighted by Gasteiger charge is 2.06. The molecular weight excluding hydrogens is 238 g/mol. The first-order valence-corrected chi connectivity index (χ1v) is 5.69. The fourth-order valence-corrected chi connectivity index (χ4v) is 1.55. The predicted molar refractivity (Wildman–Crippen MR) is 68.0 cm³/mol. The number of halogens is 1. The lowest BCUT2D eigenvalue weighted by Crippen LogP contribution is -2.15. The average Bonchev–Trinajstić information content (AvgIpc) is 2.32. The SMILES string of the molecule is CNCCCC(=O)Nc1ccc(C#N)cc1Cl. The van der Waals surface area contributed by atoms with Gasteiger partial charge in [-0.15, -0.1) is 0 Å². The number of nitrogens with zero attached hydrogens (tertiary/aromatic N) is 1. The van der Waals surface area contributed by atoms with Gasteiger partial charge in [-0.2, -0.15) is 5.26 Å². The van der Waals surface area contributed by atoms with Crippen LogP contribution in [0, 0.1) is 11.3 Å². The van der Waals surface area contributed by atoms with Gasteiger partial charge in [-0.25, -0.2) is 0 Å². The van der Waals surface area contributed by atoms with Crippen molar-refractivity contribution >= 4 is 23.2 Å². The summed E-state index contributed by atoms with van der Waals surface area (Å²) in [6.07, 6.45) is 1.22. The topological polar surface area (TPSA) is 64.9 Å². The van der Waals surface area contributed by atoms with E-state index in [0.717, 1.165) is 13.0 Å². The molecule has 0 unspecified atom stereocenters. The van der Waals surface area contributed by atoms with E-state index in [1.54, 1.807) is 12.1 Å². The van der Waals surface area contributed by atoms with Crippen molar-refractivity contribution in [3.8, 4) is 6.07 Å². The number of hydrogen-bond donors (Lipinski definition) is 2. The molecule has 0 aliphatic heterocycles. The lowest BCUT2D eigenvalue weighted by Gasteiger charge is -2.07. The summed E-state index contributed by atoms with van der Waals surface area (Å²) < 4.78 is 0. The third-order valence-corrected chi connectivity index (χ3v) is 2.52. The highest BCUT2D eigenvalue weighted by atomic mass is 35.5. The molecule has 0 heterocycles. The van der Waals surface area contributed by atoms with Gasteiger partial charge in [0.1, 0.15) is 0 Å². The molecule has 1 rings (SSSR count). The molecule has 0 aliphatic rings. The number of hydrogen-bond acceptors (Lipinski definition) is 3. The molecule has 17 heavy (non-hydrogen) atoms. The molecule has 0 aromatic heterocycles. The second-order valence-electron chi connectivity index (χ2n) is 3.56. The van der Waals surface area contributed by atoms with Gasteiger partial charge in [-0.05, 0) is 38.2 Å². The molecule has 1 aromatic rings. The lowest BCUT2D eigenvalue weighted by molar-refractivity contribution is -0.116. The molecule has 0 atom stereocenters. The first-order chi connectivity index (χ1) is 8.17. The molecule has 0 fully saturated rings. The van der Waals surface area contributed by atoms with Gasteiger partial charge in [0.25, 0.3) is 0 Å². The number of nitrogens with one attached hydrogen (secondary N) is 2. The molecule has 0 radical (unpaired) electrons. The van der Waals surface area contributed by atoms with Crippen LogP contribution in [0.25, 0.3) is 0 Å². The van der Waals surface area contributed by atoms with Gasteiger partial charge < -0.3 is 10.6 Å². The molecule has 0 saturated heterocycles. The molecular formula is C12H14ClN3O. The van der Waals surface area contributed by atoms with Crippen LogP contribution in [0.3, 0.4) is 0 Å². The molecule has 0 bridgehead atoms. The quantitative estimate of drug-likeness (QED) is 0.788. The fraction of sp³-hybridized carbons (Fsp3) is 0.333. The minimum Gasteiger partial charge on any atom is -0.325 e. The van der Waals surface area contributed by atoms with Crippen molar-refractivity contribution in [2.45, 2.75) is 12.8 Å². The lowest BCUT2D eigenvalue weighted by atomic mass is 10.2. The van der Waals surface area contributed by atoms with E-state index in [0.29, 0.717) is 22.7 Å². The Kier molecular flexibility index (Phi) is 5.47. The van der Waals surface area contributed by atoms with E-state index in [4.69, 9.17) is 16.9 Å². The monoisotopic (exact) mass is 251 g/mol. The number of rotatable bonds is 5. The molecule has 1 amide bonds. The Balaban J connectivity index is 2.57. The van der Waals surface area contributed by atoms with E-state index in [2.05, 4.69) is 10.6 Å². The minimum atomic E-state index is -0.0770. The summed E-state index contributed by atoms with van der Waals surface area (Å²) >= 11 is 5.94. The minimum absolute atomic E-state index is 0.0770. The maximum Gasteiger partial charge on any atom is 0.224 e. The molecule has 2 N–H and O–H groups in total. The molecule has 0 spiro atoms. The summed E-state index contributed by atoms with van der Waals surface area (Å²) in [5.41, 5.74) is 1.02. The number of carbonyl (C=O) groups is 1. The summed E-state index contributed by atoms with van der Waals surface area (Å²) in [4.78, 5) is 11.5. The fourth-order valence-electron chi connectivity index (χ4n) is 1.32. The first-order valence-electron chi connectivity index (χ1n) is 5.31. The Morgan fingerprint density at radius 2 is 2.29 bits per heavy atom. The van der Waals surface area contributed by atoms with E-state index in [1.807, 2.05) is 13.1 Å². The van der Waals surface area contributed by atoms with Crippen molar-refractivity contribution < 1.29 is 4.79 Å². The summed E-state index contributed by atoms with van der Waals surface area (Å²) in [6.45, 7) is 0.800. The van der Waals surface area contributed by atoms with Crippen LogP contribution in [-0.2, 0) is 4.79 Å². The van der Waals surface area contributed by atoms with Gasteiger partial charge in [0.2, 0.25) is 5.91 Å². The van der Waals surface area contributed by atoms with Crippen LogP contribution in [0.2, 0.25) is 5.02 Å². The van der Waals surface area contributed by atoms with E-state index in [1.165, 1.54) is 6.07 Å². The van der Waals surface area contributed by atoms with Crippen LogP contribution in [0.5, 0.6) is 0 Å². The van der Waals surface area contributed by atoms with Crippen LogP contribution in [0.4, 0.5) is 5.69 Å². The van der Waals surface area contributed by atoms with Crippen molar-refractivity contribution in [2.24, 2.45) is 0 Å². The Labute approximate surface area is 106 Å². The van der Waals surface area contributed by atoms with Gasteiger partial charge >= 0.3 is 0 Å². The molecule has 0 saturated carbocycles. The van der Waals surface area contributed by atoms with Crippen LogP contribution < -0.4 is 10.6 Å². The molecule has 5 heteroatoms. The first kappa shape index (κ1) is 13.5. The maximum absolute atomic E-state index is 11.5. The smallest absolute Gasteiger partial charge is 0.224 e. The molecule has 1 aromatic carbocycles. The van der Waals surface area contributed by atoms with Crippen molar-refractivity contribution in [2.75, 3.05) is 18.9 Å². The van der Waals surface area contributed by atoms with Gasteiger partial charge in [0, 0.05) is 6.42 Å². The van der Waals surface area contributed by atoms with Gasteiger partial charge in [0.05, 0.1) is 22.3 Å². The van der Waals surface area contributed by atoms with Crippen molar-refractivity contribution in [1.82, 2.24) is 5.32 Å². The second-order valence-corrected chi connectivity index (χ2v) is 3.97. The van der Waals surface area contributed by atoms with Crippen LogP contribution >= 0.6 is 11.6 Å². The van der Waals surface area contributed by atoms with Crippen molar-refractivity contribution in [3.05, 3.63) is 28.8 Å². The van der Waals surface area contributed by atoms with E-state index in [-0.39, 0.29) is 5.91 Å². The number of amides is 1. The van der Waals surface area contributed by atoms with Crippen LogP contribution in [0.1, 0.15) is 18.4 Å². The number of carbonyl (C=O) groups excluding carboxylic acids is 1. The van der Waals surface area contributed by atoms with Crippen LogP contribution in [-0.4, -0.2) is 19.5 Å². The normalized spacial score (nSPS) is 9.71. The number of nitriles is 1. The van der Waals surface area contributed by atoms with E-state index < -0.39 is 0 Å². The summed E-state index contributed by atoms with van der Waals surface area (Å²) in [5.74, 6) is -0.0770. The predicted octanol–water partition coefficient (Wildman–Crippen LogP) is 2.15. The zero-order chi connectivity index (χ0) is 12.7. The summed E-state index contributed by atoms with van der Waals surface area (Å²) in [7, 11) is 1.84. The van der Waals surface area contributed by atoms with Gasteiger partial charge in [0.15, 0.2) is 0 Å². The summed E-state index contributed by atoms with van der Waals surface area (Å²) in [6, 6.07) is 6.77. The Morgan fingerprint density at radius 1 is 1.53 bits per heavy atom. The highest BCUT2D eigenvalue weighted by Crippen LogP contribution is 2.22. The van der Waals surface area contributed by atoms with Crippen molar-refractivity contribution in [1.29, 1.82) is 5.26 Å². The second kappa shape index (κ2) is 6.89. The largest absolute Gasteiger partial charge is 0.325 e. The zero-order valence-electron chi connectivity index (χ0n) is 9.59. The third-order valence-electron chi connectivity index (χ3n) is 2.20. The van der Waals surface area contributed by atoms with Gasteiger partial charge in [-0.3, -0.25) is 4.79 Å². The molecule has 4 nitrogen and oxygen atoms in total. The summed E-state index contributed by atoms with van der Waals surface area (Å²) in [5, 5.41) is 14.7. The Hall–Kier alpha value is -1.57. The van der Waals surface area contributed by atoms with E-state index >= 15 is 0 Å². The van der Waals surface area contributed by atoms with Gasteiger partial charge in [-0.1, -0.05) is 11.6 Å². The van der Waals surface area contributed by atoms with Crippen LogP contribution in [0.15, 0.2) is 18.2 Å². The standard InChI is InChI=1S/C12H14ClN3O/c1-15-6-2-3-12(17)16-11-5-4-9(8-14)7-10(11)13/h4-5,7,15H,2-3,6H2,1H3,(H,16,17). The van der Waals surface area contributed by atoms with Crippen molar-refractivity contribution in [3.63, 3.8) is 0 Å². The average molecular weight is 252 g/mol. The Morgan fingerprint density at radius 3 is 2.88 bits per heavy atom. The maximum atomic E-state index is 11.5. The molecule has 90 valence electrons. The molecule has 0 aliphatic carbocycles. The Bertz CT molecular complexity index is 440. The highest BCUT2D eigenvalue weighted by molar-refractivity contribution is 6.33. The zero-order valence-corrected chi connectivity index (χ0v) is 10.3.